The van der Waals surface area contributed by atoms with Crippen LogP contribution < -0.4 is 5.32 Å². The molecule has 0 aromatic rings. The second-order valence-electron chi connectivity index (χ2n) is 0.873. The van der Waals surface area contributed by atoms with Gasteiger partial charge in [0.05, 0.1) is 6.54 Å². The second kappa shape index (κ2) is 10.7. The molecule has 0 heterocycles. The standard InChI is InChI=1S/C5H5N2O.U/c1-6-3-2-4-7-5-8;/h1,5H,4H2,(H,7,8);/q-1;/i5D;. The van der Waals surface area contributed by atoms with E-state index in [9.17, 15) is 4.79 Å². The van der Waals surface area contributed by atoms with Crippen molar-refractivity contribution in [2.75, 3.05) is 6.54 Å². The Kier molecular flexibility index (Phi) is 10.4. The fraction of sp³-hybridized carbons (Fsp3) is 0.200. The van der Waals surface area contributed by atoms with Crippen molar-refractivity contribution >= 4 is 13.1 Å². The van der Waals surface area contributed by atoms with Gasteiger partial charge in [0.25, 0.3) is 0 Å². The van der Waals surface area contributed by atoms with E-state index in [1.165, 1.54) is 0 Å². The van der Waals surface area contributed by atoms with Crippen molar-refractivity contribution in [3.05, 3.63) is 0 Å². The molecule has 0 spiro atoms. The largest absolute Gasteiger partial charge is 0.428 e. The van der Waals surface area contributed by atoms with Crippen LogP contribution in [-0.2, 0) is 4.79 Å². The molecule has 0 saturated carbocycles. The van der Waals surface area contributed by atoms with Gasteiger partial charge in [-0.1, -0.05) is 0 Å². The minimum absolute atomic E-state index is 0. The van der Waals surface area contributed by atoms with Crippen LogP contribution in [0.25, 0.3) is 0 Å². The zero-order chi connectivity index (χ0) is 7.11. The maximum atomic E-state index is 9.83. The number of hydrogen-bond donors (Lipinski definition) is 1. The summed E-state index contributed by atoms with van der Waals surface area (Å²) in [5, 5.41) is 2.12. The monoisotopic (exact) mass is 348 g/mol. The van der Waals surface area contributed by atoms with E-state index < -0.39 is 6.39 Å². The van der Waals surface area contributed by atoms with E-state index in [1.807, 2.05) is 0 Å². The van der Waals surface area contributed by atoms with E-state index in [1.54, 1.807) is 0 Å². The molecule has 0 aliphatic heterocycles. The molecule has 1 N–H and O–H groups in total. The van der Waals surface area contributed by atoms with E-state index in [4.69, 9.17) is 1.37 Å². The predicted molar refractivity (Wildman–Crippen MR) is 30.3 cm³/mol. The molecule has 1 amide bonds. The molecule has 0 radical (unpaired) electrons. The van der Waals surface area contributed by atoms with Crippen molar-refractivity contribution in [2.45, 2.75) is 0 Å². The third kappa shape index (κ3) is 11.4. The van der Waals surface area contributed by atoms with Crippen LogP contribution in [0.4, 0.5) is 0 Å². The Balaban J connectivity index is 0. The van der Waals surface area contributed by atoms with Crippen molar-refractivity contribution in [2.24, 2.45) is 4.99 Å². The molecule has 3 nitrogen and oxygen atoms in total. The Bertz CT molecular complexity index is 172. The van der Waals surface area contributed by atoms with Gasteiger partial charge in [-0.3, -0.25) is 4.79 Å². The van der Waals surface area contributed by atoms with Crippen molar-refractivity contribution in [3.63, 3.8) is 0 Å². The van der Waals surface area contributed by atoms with Crippen molar-refractivity contribution < 1.29 is 37.3 Å². The Morgan fingerprint density at radius 1 is 2.00 bits per heavy atom. The summed E-state index contributed by atoms with van der Waals surface area (Å²) in [6, 6.07) is 2.16. The first kappa shape index (κ1) is 8.75. The minimum Gasteiger partial charge on any atom is -0.428 e. The number of amides is 1. The van der Waals surface area contributed by atoms with Gasteiger partial charge in [0.1, 0.15) is 1.37 Å². The summed E-state index contributed by atoms with van der Waals surface area (Å²) in [5.41, 5.74) is 0. The summed E-state index contributed by atoms with van der Waals surface area (Å²) in [6.07, 6.45) is -0.860. The van der Waals surface area contributed by atoms with Gasteiger partial charge >= 0.3 is 0 Å². The maximum absolute atomic E-state index is 9.83. The number of nitrogens with one attached hydrogen (secondary N) is 1. The quantitative estimate of drug-likeness (QED) is 0.289. The molecule has 0 atom stereocenters. The van der Waals surface area contributed by atoms with Gasteiger partial charge in [0.2, 0.25) is 6.39 Å². The van der Waals surface area contributed by atoms with Crippen molar-refractivity contribution in [1.82, 2.24) is 5.32 Å². The number of aliphatic imine (C=N–C) groups is 1. The second-order valence-corrected chi connectivity index (χ2v) is 0.873. The fourth-order valence-corrected chi connectivity index (χ4v) is 0.165. The van der Waals surface area contributed by atoms with Crippen LogP contribution in [0.5, 0.6) is 0 Å². The zero-order valence-electron chi connectivity index (χ0n) is 5.64. The maximum Gasteiger partial charge on any atom is 0.207 e. The first-order valence-electron chi connectivity index (χ1n) is 2.39. The smallest absolute Gasteiger partial charge is 0.207 e. The van der Waals surface area contributed by atoms with Crippen molar-refractivity contribution in [3.8, 4) is 12.0 Å². The topological polar surface area (TPSA) is 41.5 Å². The van der Waals surface area contributed by atoms with Crippen LogP contribution in [0, 0.1) is 43.1 Å². The molecule has 0 rings (SSSR count). The summed E-state index contributed by atoms with van der Waals surface area (Å²) in [5.74, 6) is 2.37. The van der Waals surface area contributed by atoms with Gasteiger partial charge in [-0.2, -0.15) is 12.6 Å². The van der Waals surface area contributed by atoms with Crippen LogP contribution in [-0.4, -0.2) is 19.6 Å². The third-order valence-corrected chi connectivity index (χ3v) is 0.393. The van der Waals surface area contributed by atoms with Gasteiger partial charge in [-0.15, -0.1) is 0 Å². The van der Waals surface area contributed by atoms with Gasteiger partial charge in [-0.25, -0.2) is 6.04 Å². The van der Waals surface area contributed by atoms with E-state index in [0.29, 0.717) is 0 Å². The van der Waals surface area contributed by atoms with Gasteiger partial charge in [0.15, 0.2) is 0 Å². The number of carbonyl (C=O) groups excluding carboxylic acids is 1. The number of rotatable bonds is 1. The number of nitrogens with zero attached hydrogens (tertiary/aromatic N) is 1. The molecule has 0 fully saturated rings. The molecule has 0 aliphatic rings. The van der Waals surface area contributed by atoms with E-state index in [2.05, 4.69) is 29.0 Å². The molecule has 46 valence electrons. The van der Waals surface area contributed by atoms with Crippen LogP contribution in [0.3, 0.4) is 0 Å². The first-order valence-corrected chi connectivity index (χ1v) is 1.89. The molecule has 0 unspecified atom stereocenters. The van der Waals surface area contributed by atoms with Gasteiger partial charge in [0, 0.05) is 31.1 Å². The predicted octanol–water partition coefficient (Wildman–Crippen LogP) is -0.729. The SMILES string of the molecule is [2H]C(=O)NCC#CN=[CH-].[U]. The Morgan fingerprint density at radius 2 is 2.67 bits per heavy atom. The van der Waals surface area contributed by atoms with Crippen LogP contribution in [0.1, 0.15) is 1.37 Å². The number of carbonyl (C=O) groups is 1. The molecular formula is C5H5N2OU-. The Morgan fingerprint density at radius 3 is 3.11 bits per heavy atom. The molecule has 0 bridgehead atoms. The average molecular weight is 348 g/mol. The third-order valence-electron chi connectivity index (χ3n) is 0.393. The van der Waals surface area contributed by atoms with Gasteiger partial charge in [-0.05, 0) is 0 Å². The summed E-state index contributed by atoms with van der Waals surface area (Å²) in [7, 11) is 0. The summed E-state index contributed by atoms with van der Waals surface area (Å²) < 4.78 is 6.33. The van der Waals surface area contributed by atoms with E-state index >= 15 is 0 Å². The molecule has 4 heteroatoms. The Labute approximate surface area is 79.1 Å². The average Bonchev–Trinajstić information content (AvgIpc) is 1.80. The van der Waals surface area contributed by atoms with E-state index in [0.717, 1.165) is 0 Å². The van der Waals surface area contributed by atoms with Crippen molar-refractivity contribution in [1.29, 1.82) is 0 Å². The molecule has 0 saturated heterocycles. The molecular weight excluding hydrogens is 342 g/mol. The minimum atomic E-state index is -0.860. The normalized spacial score (nSPS) is 6.89. The molecule has 0 aliphatic carbocycles. The first-order chi connectivity index (χ1) is 4.27. The van der Waals surface area contributed by atoms with Gasteiger partial charge < -0.3 is 10.3 Å². The Hall–Kier alpha value is -0.248. The number of hydrogen-bond acceptors (Lipinski definition) is 2. The summed E-state index contributed by atoms with van der Waals surface area (Å²) in [4.78, 5) is 12.8. The molecule has 0 aromatic heterocycles. The van der Waals surface area contributed by atoms with Crippen LogP contribution in [0.2, 0.25) is 0 Å². The van der Waals surface area contributed by atoms with E-state index in [-0.39, 0.29) is 37.7 Å². The fourth-order valence-electron chi connectivity index (χ4n) is 0.165. The molecule has 9 heavy (non-hydrogen) atoms. The molecule has 0 aromatic carbocycles. The van der Waals surface area contributed by atoms with Crippen LogP contribution in [0.15, 0.2) is 4.99 Å². The zero-order valence-corrected chi connectivity index (χ0v) is 8.80. The van der Waals surface area contributed by atoms with Crippen LogP contribution >= 0.6 is 0 Å². The summed E-state index contributed by atoms with van der Waals surface area (Å²) >= 11 is 0. The summed E-state index contributed by atoms with van der Waals surface area (Å²) in [6.45, 7) is 4.75.